The summed E-state index contributed by atoms with van der Waals surface area (Å²) in [6.45, 7) is 7.95. The van der Waals surface area contributed by atoms with Crippen LogP contribution in [0.25, 0.3) is 11.0 Å². The summed E-state index contributed by atoms with van der Waals surface area (Å²) in [5.74, 6) is -3.47. The van der Waals surface area contributed by atoms with Crippen LogP contribution in [-0.2, 0) is 24.4 Å². The number of nitrogens with zero attached hydrogens (tertiary/aromatic N) is 3. The van der Waals surface area contributed by atoms with Crippen LogP contribution in [-0.4, -0.2) is 101 Å². The molecule has 2 aromatic rings. The molecular weight excluding hydrogens is 791 g/mol. The fourth-order valence-electron chi connectivity index (χ4n) is 8.72. The number of carboxylic acid groups (broad SMARTS) is 1. The number of methoxy groups -OCH3 is 1. The molecule has 18 heteroatoms. The summed E-state index contributed by atoms with van der Waals surface area (Å²) < 4.78 is 67.7. The highest BCUT2D eigenvalue weighted by molar-refractivity contribution is 7.91. The molecule has 4 aliphatic carbocycles. The minimum Gasteiger partial charge on any atom is -0.497 e. The molecule has 4 saturated carbocycles. The van der Waals surface area contributed by atoms with Gasteiger partial charge in [0.2, 0.25) is 34.1 Å². The van der Waals surface area contributed by atoms with Crippen LogP contribution in [0.15, 0.2) is 18.2 Å². The third-order valence-electron chi connectivity index (χ3n) is 13.2. The van der Waals surface area contributed by atoms with Crippen molar-refractivity contribution in [2.45, 2.75) is 140 Å². The van der Waals surface area contributed by atoms with Crippen LogP contribution in [0.3, 0.4) is 0 Å². The quantitative estimate of drug-likeness (QED) is 0.164. The van der Waals surface area contributed by atoms with Gasteiger partial charge in [-0.2, -0.15) is 0 Å². The van der Waals surface area contributed by atoms with E-state index in [0.717, 1.165) is 25.2 Å². The Bertz CT molecular complexity index is 2110. The van der Waals surface area contributed by atoms with Crippen molar-refractivity contribution in [3.8, 4) is 11.6 Å². The Hall–Kier alpha value is -4.35. The number of carbonyl (C=O) groups excluding carboxylic acids is 3. The van der Waals surface area contributed by atoms with Gasteiger partial charge in [-0.15, -0.1) is 0 Å². The first-order valence-electron chi connectivity index (χ1n) is 20.7. The van der Waals surface area contributed by atoms with Crippen LogP contribution in [0.4, 0.5) is 13.6 Å². The van der Waals surface area contributed by atoms with E-state index in [-0.39, 0.29) is 37.6 Å². The van der Waals surface area contributed by atoms with E-state index in [9.17, 15) is 41.5 Å². The topological polar surface area (TPSA) is 206 Å². The van der Waals surface area contributed by atoms with Crippen molar-refractivity contribution in [3.63, 3.8) is 0 Å². The van der Waals surface area contributed by atoms with Crippen LogP contribution >= 0.6 is 0 Å². The molecule has 1 aliphatic heterocycles. The summed E-state index contributed by atoms with van der Waals surface area (Å²) in [5.41, 5.74) is -1.47. The standard InChI is InChI=1S/C41H56F2N6O9S/c1-7-24-29(58-35-30(25-17-22(25)10-8-9-21-11-12-21)44-27-14-13-23(57-6)18-28(27)45-35)20-49(36(51)32(39(2,3)4)46-38(53)54)31(24)34(50)47-41(19-26(41)33(42)43)37(52)48-59(55,56)40(5)15-16-40/h13-14,18,21-22,24-26,29,31-33,46H,7-12,15-17,19-20H2,1-6H3,(H,47,50)(H,48,52)(H,53,54)/t22?,24-,25?,26+,29+,31+,32-,41-/m1/s1. The minimum absolute atomic E-state index is 0.0697. The molecule has 7 rings (SSSR count). The number of ether oxygens (including phenoxy) is 2. The maximum absolute atomic E-state index is 14.6. The molecule has 2 heterocycles. The lowest BCUT2D eigenvalue weighted by atomic mass is 9.85. The molecule has 0 bridgehead atoms. The lowest BCUT2D eigenvalue weighted by molar-refractivity contribution is -0.143. The van der Waals surface area contributed by atoms with Gasteiger partial charge in [0, 0.05) is 17.9 Å². The second-order valence-corrected chi connectivity index (χ2v) is 20.8. The molecule has 15 nitrogen and oxygen atoms in total. The van der Waals surface area contributed by atoms with Crippen molar-refractivity contribution in [2.75, 3.05) is 13.7 Å². The van der Waals surface area contributed by atoms with Crippen molar-refractivity contribution in [1.82, 2.24) is 30.2 Å². The average Bonchev–Trinajstić information content (AvgIpc) is 3.97. The number of nitrogens with one attached hydrogen (secondary N) is 3. The lowest BCUT2D eigenvalue weighted by Crippen LogP contribution is -2.61. The summed E-state index contributed by atoms with van der Waals surface area (Å²) in [6, 6.07) is 2.55. The molecule has 1 aromatic heterocycles. The Balaban J connectivity index is 1.23. The normalized spacial score (nSPS) is 28.8. The Kier molecular flexibility index (Phi) is 11.3. The highest BCUT2D eigenvalue weighted by atomic mass is 32.2. The molecule has 5 aliphatic rings. The lowest BCUT2D eigenvalue weighted by Gasteiger charge is -2.35. The highest BCUT2D eigenvalue weighted by Gasteiger charge is 2.68. The van der Waals surface area contributed by atoms with E-state index in [1.807, 2.05) is 10.8 Å². The minimum atomic E-state index is -4.26. The number of hydrogen-bond donors (Lipinski definition) is 4. The van der Waals surface area contributed by atoms with Gasteiger partial charge in [0.1, 0.15) is 35.2 Å². The first-order chi connectivity index (χ1) is 27.7. The van der Waals surface area contributed by atoms with Gasteiger partial charge in [0.25, 0.3) is 5.91 Å². The van der Waals surface area contributed by atoms with Gasteiger partial charge in [0.15, 0.2) is 0 Å². The van der Waals surface area contributed by atoms with Crippen molar-refractivity contribution < 1.29 is 51.0 Å². The fourth-order valence-corrected chi connectivity index (χ4v) is 10.0. The fraction of sp³-hybridized carbons (Fsp3) is 0.707. The van der Waals surface area contributed by atoms with Crippen LogP contribution in [0, 0.1) is 29.1 Å². The summed E-state index contributed by atoms with van der Waals surface area (Å²) in [4.78, 5) is 66.0. The van der Waals surface area contributed by atoms with E-state index in [4.69, 9.17) is 19.4 Å². The molecule has 1 aromatic carbocycles. The number of sulfonamides is 1. The molecule has 324 valence electrons. The SMILES string of the molecule is CC[C@@H]1[C@@H](Oc2nc3cc(OC)ccc3nc2C2CC2CCCC2CC2)CN(C(=O)[C@@H](NC(=O)O)C(C)(C)C)[C@@H]1C(=O)N[C@]1(C(=O)NS(=O)(=O)C2(C)CC2)C[C@H]1C(F)F. The number of halogens is 2. The van der Waals surface area contributed by atoms with Crippen molar-refractivity contribution in [1.29, 1.82) is 0 Å². The van der Waals surface area contributed by atoms with Crippen LogP contribution in [0.1, 0.15) is 110 Å². The molecule has 0 spiro atoms. The maximum Gasteiger partial charge on any atom is 0.405 e. The van der Waals surface area contributed by atoms with Crippen LogP contribution < -0.4 is 24.8 Å². The van der Waals surface area contributed by atoms with Crippen molar-refractivity contribution >= 4 is 44.9 Å². The second-order valence-electron chi connectivity index (χ2n) is 18.6. The van der Waals surface area contributed by atoms with Gasteiger partial charge in [-0.05, 0) is 74.8 Å². The Labute approximate surface area is 343 Å². The van der Waals surface area contributed by atoms with Gasteiger partial charge in [-0.3, -0.25) is 19.1 Å². The van der Waals surface area contributed by atoms with E-state index in [0.29, 0.717) is 28.4 Å². The Morgan fingerprint density at radius 3 is 2.37 bits per heavy atom. The number of rotatable bonds is 17. The molecule has 5 fully saturated rings. The van der Waals surface area contributed by atoms with E-state index in [2.05, 4.69) is 10.6 Å². The monoisotopic (exact) mass is 846 g/mol. The number of fused-ring (bicyclic) bond motifs is 1. The third-order valence-corrected chi connectivity index (χ3v) is 15.3. The summed E-state index contributed by atoms with van der Waals surface area (Å²) >= 11 is 0. The van der Waals surface area contributed by atoms with E-state index >= 15 is 0 Å². The van der Waals surface area contributed by atoms with Gasteiger partial charge in [-0.25, -0.2) is 32.0 Å². The smallest absolute Gasteiger partial charge is 0.405 e. The molecule has 1 saturated heterocycles. The summed E-state index contributed by atoms with van der Waals surface area (Å²) in [6.07, 6.45) is 1.62. The predicted octanol–water partition coefficient (Wildman–Crippen LogP) is 5.13. The summed E-state index contributed by atoms with van der Waals surface area (Å²) in [5, 5.41) is 14.5. The van der Waals surface area contributed by atoms with Gasteiger partial charge in [-0.1, -0.05) is 53.4 Å². The second kappa shape index (κ2) is 15.6. The zero-order chi connectivity index (χ0) is 42.8. The number of hydrogen-bond acceptors (Lipinski definition) is 10. The third kappa shape index (κ3) is 8.65. The molecule has 4 N–H and O–H groups in total. The zero-order valence-electron chi connectivity index (χ0n) is 34.4. The number of carbonyl (C=O) groups is 4. The van der Waals surface area contributed by atoms with Gasteiger partial charge < -0.3 is 30.1 Å². The van der Waals surface area contributed by atoms with Crippen molar-refractivity contribution in [2.24, 2.45) is 29.1 Å². The van der Waals surface area contributed by atoms with Crippen LogP contribution in [0.5, 0.6) is 11.6 Å². The van der Waals surface area contributed by atoms with Crippen LogP contribution in [0.2, 0.25) is 0 Å². The largest absolute Gasteiger partial charge is 0.497 e. The number of benzene rings is 1. The van der Waals surface area contributed by atoms with Crippen molar-refractivity contribution in [3.05, 3.63) is 23.9 Å². The molecule has 2 unspecified atom stereocenters. The number of amides is 4. The van der Waals surface area contributed by atoms with Gasteiger partial charge in [0.05, 0.1) is 35.4 Å². The van der Waals surface area contributed by atoms with E-state index < -0.39 is 92.4 Å². The molecule has 8 atom stereocenters. The predicted molar refractivity (Wildman–Crippen MR) is 211 cm³/mol. The zero-order valence-corrected chi connectivity index (χ0v) is 35.2. The number of aromatic nitrogens is 2. The molecule has 0 radical (unpaired) electrons. The first-order valence-corrected chi connectivity index (χ1v) is 22.2. The molecule has 59 heavy (non-hydrogen) atoms. The van der Waals surface area contributed by atoms with Gasteiger partial charge >= 0.3 is 6.09 Å². The summed E-state index contributed by atoms with van der Waals surface area (Å²) in [7, 11) is -2.72. The molecule has 4 amide bonds. The molecular formula is C41H56F2N6O9S. The average molecular weight is 847 g/mol. The van der Waals surface area contributed by atoms with E-state index in [1.54, 1.807) is 39.8 Å². The Morgan fingerprint density at radius 1 is 1.08 bits per heavy atom. The maximum atomic E-state index is 14.6. The number of alkyl halides is 2. The highest BCUT2D eigenvalue weighted by Crippen LogP contribution is 2.53. The number of likely N-dealkylation sites (tertiary alicyclic amines) is 1. The first kappa shape index (κ1) is 42.8. The Morgan fingerprint density at radius 2 is 1.80 bits per heavy atom. The van der Waals surface area contributed by atoms with E-state index in [1.165, 1.54) is 38.2 Å².